The van der Waals surface area contributed by atoms with E-state index in [0.29, 0.717) is 5.92 Å². The van der Waals surface area contributed by atoms with Gasteiger partial charge in [-0.25, -0.2) is 0 Å². The predicted octanol–water partition coefficient (Wildman–Crippen LogP) is 3.24. The summed E-state index contributed by atoms with van der Waals surface area (Å²) in [5.41, 5.74) is 2.63. The van der Waals surface area contributed by atoms with Crippen LogP contribution in [0.15, 0.2) is 29.3 Å². The van der Waals surface area contributed by atoms with E-state index in [0.717, 1.165) is 51.6 Å². The average molecular weight is 474 g/mol. The summed E-state index contributed by atoms with van der Waals surface area (Å²) in [6.45, 7) is 6.88. The standard InChI is InChI=1S/C20H34N4O.HI/c1-5-21-20(24-14-12-18(15-24)16-25-4)22-13-6-7-17-8-10-19(11-9-17)23(2)3;/h8-11,18H,5-7,12-16H2,1-4H3,(H,21,22);1H. The number of halogens is 1. The second-order valence-corrected chi connectivity index (χ2v) is 6.96. The Kier molecular flexibility index (Phi) is 11.0. The molecular weight excluding hydrogens is 439 g/mol. The van der Waals surface area contributed by atoms with Gasteiger partial charge in [0.05, 0.1) is 6.61 Å². The van der Waals surface area contributed by atoms with Crippen molar-refractivity contribution < 1.29 is 4.74 Å². The number of aliphatic imine (C=N–C) groups is 1. The van der Waals surface area contributed by atoms with Crippen molar-refractivity contribution in [2.45, 2.75) is 26.2 Å². The molecule has 5 nitrogen and oxygen atoms in total. The van der Waals surface area contributed by atoms with Crippen molar-refractivity contribution >= 4 is 35.6 Å². The molecule has 0 aromatic heterocycles. The summed E-state index contributed by atoms with van der Waals surface area (Å²) in [7, 11) is 5.93. The molecule has 1 atom stereocenters. The molecule has 0 amide bonds. The van der Waals surface area contributed by atoms with E-state index in [2.05, 4.69) is 60.4 Å². The Bertz CT molecular complexity index is 533. The minimum atomic E-state index is 0. The molecule has 6 heteroatoms. The molecule has 1 N–H and O–H groups in total. The van der Waals surface area contributed by atoms with Crippen molar-refractivity contribution in [1.29, 1.82) is 0 Å². The van der Waals surface area contributed by atoms with Crippen molar-refractivity contribution in [2.75, 3.05) is 58.9 Å². The molecule has 2 rings (SSSR count). The van der Waals surface area contributed by atoms with Crippen LogP contribution in [0.25, 0.3) is 0 Å². The Morgan fingerprint density at radius 1 is 1.31 bits per heavy atom. The first kappa shape index (κ1) is 23.0. The number of hydrogen-bond acceptors (Lipinski definition) is 3. The zero-order valence-electron chi connectivity index (χ0n) is 16.7. The number of ether oxygens (including phenoxy) is 1. The molecule has 1 aliphatic rings. The van der Waals surface area contributed by atoms with Gasteiger partial charge in [0.25, 0.3) is 0 Å². The highest BCUT2D eigenvalue weighted by atomic mass is 127. The first-order valence-corrected chi connectivity index (χ1v) is 9.42. The molecule has 0 aliphatic carbocycles. The summed E-state index contributed by atoms with van der Waals surface area (Å²) in [5, 5.41) is 3.44. The second kappa shape index (κ2) is 12.4. The average Bonchev–Trinajstić information content (AvgIpc) is 3.07. The summed E-state index contributed by atoms with van der Waals surface area (Å²) in [5.74, 6) is 1.69. The summed E-state index contributed by atoms with van der Waals surface area (Å²) in [6.07, 6.45) is 3.34. The Morgan fingerprint density at radius 3 is 2.65 bits per heavy atom. The molecule has 148 valence electrons. The quantitative estimate of drug-likeness (QED) is 0.272. The lowest BCUT2D eigenvalue weighted by atomic mass is 10.1. The zero-order valence-corrected chi connectivity index (χ0v) is 19.0. The fraction of sp³-hybridized carbons (Fsp3) is 0.650. The molecule has 1 aromatic rings. The van der Waals surface area contributed by atoms with Gasteiger partial charge in [-0.1, -0.05) is 12.1 Å². The lowest BCUT2D eigenvalue weighted by Crippen LogP contribution is -2.40. The van der Waals surface area contributed by atoms with Crippen LogP contribution in [-0.4, -0.2) is 64.9 Å². The van der Waals surface area contributed by atoms with Gasteiger partial charge in [-0.3, -0.25) is 4.99 Å². The largest absolute Gasteiger partial charge is 0.384 e. The highest BCUT2D eigenvalue weighted by Crippen LogP contribution is 2.17. The highest BCUT2D eigenvalue weighted by molar-refractivity contribution is 14.0. The molecule has 1 unspecified atom stereocenters. The van der Waals surface area contributed by atoms with Crippen LogP contribution in [0.5, 0.6) is 0 Å². The Hall–Kier alpha value is -1.02. The number of rotatable bonds is 8. The van der Waals surface area contributed by atoms with Crippen molar-refractivity contribution in [3.05, 3.63) is 29.8 Å². The summed E-state index contributed by atoms with van der Waals surface area (Å²) in [6, 6.07) is 8.81. The maximum absolute atomic E-state index is 5.29. The number of guanidine groups is 1. The van der Waals surface area contributed by atoms with Gasteiger partial charge in [0.1, 0.15) is 0 Å². The van der Waals surface area contributed by atoms with Crippen LogP contribution in [0, 0.1) is 5.92 Å². The van der Waals surface area contributed by atoms with Crippen molar-refractivity contribution in [2.24, 2.45) is 10.9 Å². The molecule has 0 saturated carbocycles. The van der Waals surface area contributed by atoms with Crippen LogP contribution in [-0.2, 0) is 11.2 Å². The first-order valence-electron chi connectivity index (χ1n) is 9.42. The monoisotopic (exact) mass is 474 g/mol. The third kappa shape index (κ3) is 7.31. The normalized spacial score (nSPS) is 17.2. The van der Waals surface area contributed by atoms with Gasteiger partial charge < -0.3 is 19.9 Å². The van der Waals surface area contributed by atoms with Crippen molar-refractivity contribution in [3.63, 3.8) is 0 Å². The molecule has 1 aromatic carbocycles. The molecule has 0 spiro atoms. The van der Waals surface area contributed by atoms with Crippen LogP contribution in [0.1, 0.15) is 25.3 Å². The van der Waals surface area contributed by atoms with E-state index in [-0.39, 0.29) is 24.0 Å². The van der Waals surface area contributed by atoms with Crippen LogP contribution in [0.4, 0.5) is 5.69 Å². The van der Waals surface area contributed by atoms with Gasteiger partial charge >= 0.3 is 0 Å². The van der Waals surface area contributed by atoms with E-state index in [1.54, 1.807) is 7.11 Å². The number of benzene rings is 1. The van der Waals surface area contributed by atoms with Gasteiger partial charge in [-0.2, -0.15) is 0 Å². The minimum absolute atomic E-state index is 0. The summed E-state index contributed by atoms with van der Waals surface area (Å²) in [4.78, 5) is 9.34. The minimum Gasteiger partial charge on any atom is -0.384 e. The number of nitrogens with one attached hydrogen (secondary N) is 1. The van der Waals surface area contributed by atoms with Gasteiger partial charge in [-0.05, 0) is 43.9 Å². The van der Waals surface area contributed by atoms with E-state index >= 15 is 0 Å². The molecule has 1 saturated heterocycles. The van der Waals surface area contributed by atoms with Crippen LogP contribution in [0.2, 0.25) is 0 Å². The Morgan fingerprint density at radius 2 is 2.04 bits per heavy atom. The summed E-state index contributed by atoms with van der Waals surface area (Å²) < 4.78 is 5.29. The topological polar surface area (TPSA) is 40.1 Å². The number of methoxy groups -OCH3 is 1. The van der Waals surface area contributed by atoms with E-state index in [9.17, 15) is 0 Å². The van der Waals surface area contributed by atoms with E-state index in [1.807, 2.05) is 0 Å². The van der Waals surface area contributed by atoms with Crippen LogP contribution in [0.3, 0.4) is 0 Å². The molecule has 1 fully saturated rings. The SMILES string of the molecule is CCNC(=NCCCc1ccc(N(C)C)cc1)N1CCC(COC)C1.I. The molecule has 1 aliphatic heterocycles. The number of likely N-dealkylation sites (tertiary alicyclic amines) is 1. The van der Waals surface area contributed by atoms with Crippen LogP contribution < -0.4 is 10.2 Å². The maximum Gasteiger partial charge on any atom is 0.193 e. The van der Waals surface area contributed by atoms with Gasteiger partial charge in [-0.15, -0.1) is 24.0 Å². The highest BCUT2D eigenvalue weighted by Gasteiger charge is 2.24. The van der Waals surface area contributed by atoms with Gasteiger partial charge in [0.15, 0.2) is 5.96 Å². The van der Waals surface area contributed by atoms with Crippen LogP contribution >= 0.6 is 24.0 Å². The third-order valence-electron chi connectivity index (χ3n) is 4.66. The molecule has 0 bridgehead atoms. The second-order valence-electron chi connectivity index (χ2n) is 6.96. The number of nitrogens with zero attached hydrogens (tertiary/aromatic N) is 3. The molecule has 26 heavy (non-hydrogen) atoms. The van der Waals surface area contributed by atoms with Crippen molar-refractivity contribution in [3.8, 4) is 0 Å². The molecule has 1 heterocycles. The fourth-order valence-electron chi connectivity index (χ4n) is 3.25. The number of anilines is 1. The smallest absolute Gasteiger partial charge is 0.193 e. The third-order valence-corrected chi connectivity index (χ3v) is 4.66. The summed E-state index contributed by atoms with van der Waals surface area (Å²) >= 11 is 0. The van der Waals surface area contributed by atoms with E-state index in [4.69, 9.17) is 9.73 Å². The predicted molar refractivity (Wildman–Crippen MR) is 122 cm³/mol. The zero-order chi connectivity index (χ0) is 18.1. The lowest BCUT2D eigenvalue weighted by Gasteiger charge is -2.21. The van der Waals surface area contributed by atoms with Crippen molar-refractivity contribution in [1.82, 2.24) is 10.2 Å². The van der Waals surface area contributed by atoms with E-state index < -0.39 is 0 Å². The lowest BCUT2D eigenvalue weighted by molar-refractivity contribution is 0.157. The molecular formula is C20H35IN4O. The Balaban J connectivity index is 0.00000338. The van der Waals surface area contributed by atoms with Gasteiger partial charge in [0, 0.05) is 59.0 Å². The number of aryl methyl sites for hydroxylation is 1. The van der Waals surface area contributed by atoms with E-state index in [1.165, 1.54) is 17.7 Å². The fourth-order valence-corrected chi connectivity index (χ4v) is 3.25. The Labute approximate surface area is 176 Å². The first-order chi connectivity index (χ1) is 12.1. The molecule has 0 radical (unpaired) electrons. The van der Waals surface area contributed by atoms with Gasteiger partial charge in [0.2, 0.25) is 0 Å². The number of hydrogen-bond donors (Lipinski definition) is 1. The maximum atomic E-state index is 5.29.